The number of rotatable bonds is 2. The standard InChI is InChI=1S/C6H9O/c1-3-5-6(7)4-2/h1,6-7H,2,4-5H2. The van der Waals surface area contributed by atoms with Crippen molar-refractivity contribution in [2.24, 2.45) is 0 Å². The van der Waals surface area contributed by atoms with Gasteiger partial charge in [-0.15, -0.1) is 12.3 Å². The van der Waals surface area contributed by atoms with Crippen LogP contribution in [0.3, 0.4) is 0 Å². The highest BCUT2D eigenvalue weighted by Gasteiger charge is 1.93. The highest BCUT2D eigenvalue weighted by molar-refractivity contribution is 4.86. The average molecular weight is 97.1 g/mol. The van der Waals surface area contributed by atoms with Crippen LogP contribution in [0.2, 0.25) is 0 Å². The minimum Gasteiger partial charge on any atom is -0.392 e. The molecule has 1 nitrogen and oxygen atoms in total. The monoisotopic (exact) mass is 97.1 g/mol. The summed E-state index contributed by atoms with van der Waals surface area (Å²) in [5.74, 6) is 2.33. The van der Waals surface area contributed by atoms with Crippen molar-refractivity contribution in [1.29, 1.82) is 0 Å². The number of terminal acetylenes is 1. The average Bonchev–Trinajstić information content (AvgIpc) is 1.68. The first-order valence-corrected chi connectivity index (χ1v) is 2.22. The van der Waals surface area contributed by atoms with E-state index in [0.29, 0.717) is 12.8 Å². The number of aliphatic hydroxyl groups excluding tert-OH is 1. The van der Waals surface area contributed by atoms with Gasteiger partial charge >= 0.3 is 0 Å². The van der Waals surface area contributed by atoms with Crippen LogP contribution in [0.5, 0.6) is 0 Å². The minimum atomic E-state index is -0.398. The highest BCUT2D eigenvalue weighted by atomic mass is 16.3. The molecule has 0 aromatic rings. The molecular weight excluding hydrogens is 88.1 g/mol. The molecule has 0 rings (SSSR count). The lowest BCUT2D eigenvalue weighted by Gasteiger charge is -1.97. The second kappa shape index (κ2) is 3.70. The fourth-order valence-corrected chi connectivity index (χ4v) is 0.238. The maximum Gasteiger partial charge on any atom is 0.0649 e. The molecule has 0 aromatic carbocycles. The largest absolute Gasteiger partial charge is 0.392 e. The summed E-state index contributed by atoms with van der Waals surface area (Å²) in [6, 6.07) is 0. The molecule has 0 fully saturated rings. The third kappa shape index (κ3) is 3.35. The summed E-state index contributed by atoms with van der Waals surface area (Å²) in [7, 11) is 0. The van der Waals surface area contributed by atoms with Crippen LogP contribution in [-0.2, 0) is 0 Å². The first-order chi connectivity index (χ1) is 3.31. The summed E-state index contributed by atoms with van der Waals surface area (Å²) in [5.41, 5.74) is 0. The van der Waals surface area contributed by atoms with Crippen molar-refractivity contribution in [3.05, 3.63) is 6.92 Å². The molecule has 7 heavy (non-hydrogen) atoms. The van der Waals surface area contributed by atoms with Gasteiger partial charge in [-0.05, 0) is 6.42 Å². The van der Waals surface area contributed by atoms with Crippen molar-refractivity contribution in [3.63, 3.8) is 0 Å². The molecule has 0 aromatic heterocycles. The fourth-order valence-electron chi connectivity index (χ4n) is 0.238. The van der Waals surface area contributed by atoms with E-state index >= 15 is 0 Å². The molecule has 39 valence electrons. The molecule has 0 aliphatic heterocycles. The summed E-state index contributed by atoms with van der Waals surface area (Å²) in [4.78, 5) is 0. The third-order valence-corrected chi connectivity index (χ3v) is 0.687. The van der Waals surface area contributed by atoms with Gasteiger partial charge in [-0.2, -0.15) is 0 Å². The van der Waals surface area contributed by atoms with Gasteiger partial charge < -0.3 is 5.11 Å². The fraction of sp³-hybridized carbons (Fsp3) is 0.500. The maximum absolute atomic E-state index is 8.65. The lowest BCUT2D eigenvalue weighted by atomic mass is 10.2. The summed E-state index contributed by atoms with van der Waals surface area (Å²) >= 11 is 0. The molecule has 1 atom stereocenters. The summed E-state index contributed by atoms with van der Waals surface area (Å²) < 4.78 is 0. The first-order valence-electron chi connectivity index (χ1n) is 2.22. The van der Waals surface area contributed by atoms with E-state index in [-0.39, 0.29) is 0 Å². The van der Waals surface area contributed by atoms with E-state index < -0.39 is 6.10 Å². The molecule has 1 unspecified atom stereocenters. The van der Waals surface area contributed by atoms with Crippen LogP contribution in [0.15, 0.2) is 0 Å². The van der Waals surface area contributed by atoms with Crippen molar-refractivity contribution in [3.8, 4) is 12.3 Å². The van der Waals surface area contributed by atoms with Gasteiger partial charge in [0, 0.05) is 6.42 Å². The Morgan fingerprint density at radius 1 is 1.86 bits per heavy atom. The van der Waals surface area contributed by atoms with Crippen LogP contribution in [-0.4, -0.2) is 11.2 Å². The molecule has 0 bridgehead atoms. The zero-order chi connectivity index (χ0) is 5.70. The molecule has 0 spiro atoms. The summed E-state index contributed by atoms with van der Waals surface area (Å²) in [6.45, 7) is 3.46. The molecule has 0 heterocycles. The van der Waals surface area contributed by atoms with Crippen LogP contribution < -0.4 is 0 Å². The Balaban J connectivity index is 3.03. The maximum atomic E-state index is 8.65. The molecule has 0 amide bonds. The highest BCUT2D eigenvalue weighted by Crippen LogP contribution is 1.91. The van der Waals surface area contributed by atoms with E-state index in [2.05, 4.69) is 12.8 Å². The lowest BCUT2D eigenvalue weighted by molar-refractivity contribution is 0.183. The van der Waals surface area contributed by atoms with E-state index in [9.17, 15) is 0 Å². The molecule has 0 aliphatic carbocycles. The SMILES string of the molecule is C#CCC(O)C[CH2]. The Labute approximate surface area is 44.4 Å². The zero-order valence-corrected chi connectivity index (χ0v) is 4.22. The van der Waals surface area contributed by atoms with Crippen molar-refractivity contribution < 1.29 is 5.11 Å². The lowest BCUT2D eigenvalue weighted by Crippen LogP contribution is -2.01. The Hall–Kier alpha value is -0.480. The Morgan fingerprint density at radius 3 is 2.57 bits per heavy atom. The van der Waals surface area contributed by atoms with Crippen molar-refractivity contribution in [2.45, 2.75) is 18.9 Å². The van der Waals surface area contributed by atoms with Gasteiger partial charge in [0.25, 0.3) is 0 Å². The Kier molecular flexibility index (Phi) is 3.45. The van der Waals surface area contributed by atoms with E-state index in [1.165, 1.54) is 0 Å². The van der Waals surface area contributed by atoms with Crippen LogP contribution in [0.1, 0.15) is 12.8 Å². The van der Waals surface area contributed by atoms with E-state index in [1.807, 2.05) is 0 Å². The second-order valence-corrected chi connectivity index (χ2v) is 1.35. The van der Waals surface area contributed by atoms with E-state index in [4.69, 9.17) is 11.5 Å². The summed E-state index contributed by atoms with van der Waals surface area (Å²) in [5, 5.41) is 8.65. The number of hydrogen-bond acceptors (Lipinski definition) is 1. The van der Waals surface area contributed by atoms with E-state index in [1.54, 1.807) is 0 Å². The van der Waals surface area contributed by atoms with Crippen molar-refractivity contribution in [2.75, 3.05) is 0 Å². The number of aliphatic hydroxyl groups is 1. The third-order valence-electron chi connectivity index (χ3n) is 0.687. The van der Waals surface area contributed by atoms with Gasteiger partial charge in [0.15, 0.2) is 0 Å². The molecule has 1 heteroatoms. The van der Waals surface area contributed by atoms with Gasteiger partial charge in [0.1, 0.15) is 0 Å². The molecule has 0 saturated carbocycles. The quantitative estimate of drug-likeness (QED) is 0.500. The smallest absolute Gasteiger partial charge is 0.0649 e. The van der Waals surface area contributed by atoms with Crippen LogP contribution in [0.4, 0.5) is 0 Å². The van der Waals surface area contributed by atoms with Gasteiger partial charge in [-0.25, -0.2) is 0 Å². The number of hydrogen-bond donors (Lipinski definition) is 1. The molecule has 1 radical (unpaired) electrons. The summed E-state index contributed by atoms with van der Waals surface area (Å²) in [6.07, 6.45) is 5.39. The Morgan fingerprint density at radius 2 is 2.43 bits per heavy atom. The predicted molar refractivity (Wildman–Crippen MR) is 29.4 cm³/mol. The molecule has 0 aliphatic rings. The van der Waals surface area contributed by atoms with Crippen molar-refractivity contribution >= 4 is 0 Å². The van der Waals surface area contributed by atoms with Gasteiger partial charge in [-0.1, -0.05) is 6.92 Å². The first kappa shape index (κ1) is 6.52. The van der Waals surface area contributed by atoms with E-state index in [0.717, 1.165) is 0 Å². The van der Waals surface area contributed by atoms with Crippen LogP contribution in [0, 0.1) is 19.3 Å². The normalized spacial score (nSPS) is 12.7. The molecular formula is C6H9O. The minimum absolute atomic E-state index is 0.398. The van der Waals surface area contributed by atoms with Gasteiger partial charge in [-0.3, -0.25) is 0 Å². The second-order valence-electron chi connectivity index (χ2n) is 1.35. The molecule has 0 saturated heterocycles. The zero-order valence-electron chi connectivity index (χ0n) is 4.22. The van der Waals surface area contributed by atoms with Gasteiger partial charge in [0.2, 0.25) is 0 Å². The van der Waals surface area contributed by atoms with Crippen LogP contribution >= 0.6 is 0 Å². The molecule has 1 N–H and O–H groups in total. The van der Waals surface area contributed by atoms with Gasteiger partial charge in [0.05, 0.1) is 6.10 Å². The topological polar surface area (TPSA) is 20.2 Å². The Bertz CT molecular complexity index is 70.7. The van der Waals surface area contributed by atoms with Crippen molar-refractivity contribution in [1.82, 2.24) is 0 Å². The predicted octanol–water partition coefficient (Wildman–Crippen LogP) is 0.595. The van der Waals surface area contributed by atoms with Crippen LogP contribution in [0.25, 0.3) is 0 Å².